The van der Waals surface area contributed by atoms with E-state index in [9.17, 15) is 9.59 Å². The summed E-state index contributed by atoms with van der Waals surface area (Å²) in [6.45, 7) is 8.01. The summed E-state index contributed by atoms with van der Waals surface area (Å²) in [6, 6.07) is 5.14. The maximum absolute atomic E-state index is 11.8. The van der Waals surface area contributed by atoms with Crippen molar-refractivity contribution in [3.8, 4) is 11.6 Å². The molecule has 0 saturated carbocycles. The third-order valence-electron chi connectivity index (χ3n) is 5.02. The summed E-state index contributed by atoms with van der Waals surface area (Å²) < 4.78 is 11.7. The Bertz CT molecular complexity index is 881. The van der Waals surface area contributed by atoms with E-state index in [4.69, 9.17) is 15.2 Å². The Balaban J connectivity index is 1.91. The van der Waals surface area contributed by atoms with Crippen LogP contribution in [-0.2, 0) is 4.79 Å². The number of carbonyl (C=O) groups is 2. The second-order valence-electron chi connectivity index (χ2n) is 7.29. The number of ether oxygens (including phenoxy) is 2. The van der Waals surface area contributed by atoms with E-state index in [1.807, 2.05) is 27.7 Å². The number of hydrogen-bond acceptors (Lipinski definition) is 5. The van der Waals surface area contributed by atoms with Gasteiger partial charge >= 0.3 is 0 Å². The number of nitrogens with one attached hydrogen (secondary N) is 1. The van der Waals surface area contributed by atoms with Crippen LogP contribution < -0.4 is 20.5 Å². The molecule has 144 valence electrons. The molecule has 1 fully saturated rings. The van der Waals surface area contributed by atoms with Crippen LogP contribution in [0.1, 0.15) is 38.1 Å². The van der Waals surface area contributed by atoms with E-state index < -0.39 is 5.91 Å². The molecule has 1 aromatic carbocycles. The molecular weight excluding hydrogens is 346 g/mol. The normalized spacial score (nSPS) is 22.1. The molecular formula is C20H25N3O4. The molecule has 3 N–H and O–H groups in total. The molecule has 7 heteroatoms. The lowest BCUT2D eigenvalue weighted by Gasteiger charge is -2.18. The molecule has 0 spiro atoms. The maximum Gasteiger partial charge on any atom is 0.252 e. The van der Waals surface area contributed by atoms with Crippen molar-refractivity contribution in [3.05, 3.63) is 30.0 Å². The van der Waals surface area contributed by atoms with E-state index in [1.54, 1.807) is 24.4 Å². The second kappa shape index (κ2) is 7.42. The number of carbonyl (C=O) groups excluding carboxylic acids is 2. The molecule has 1 aliphatic rings. The van der Waals surface area contributed by atoms with E-state index in [0.29, 0.717) is 23.8 Å². The van der Waals surface area contributed by atoms with Crippen LogP contribution in [0.3, 0.4) is 0 Å². The van der Waals surface area contributed by atoms with Gasteiger partial charge < -0.3 is 20.5 Å². The summed E-state index contributed by atoms with van der Waals surface area (Å²) in [5.41, 5.74) is 5.81. The molecule has 2 aromatic rings. The molecule has 0 bridgehead atoms. The Labute approximate surface area is 158 Å². The average Bonchev–Trinajstić information content (AvgIpc) is 2.85. The number of benzene rings is 1. The monoisotopic (exact) mass is 371 g/mol. The SMILES string of the molecule is CC(C)Oc1cc2c(OC[C@H]3NC(=O)[C@H](C)[C@H]3C)nccc2cc1C(N)=O. The summed E-state index contributed by atoms with van der Waals surface area (Å²) >= 11 is 0. The second-order valence-corrected chi connectivity index (χ2v) is 7.29. The van der Waals surface area contributed by atoms with Crippen molar-refractivity contribution in [2.75, 3.05) is 6.61 Å². The lowest BCUT2D eigenvalue weighted by Crippen LogP contribution is -2.34. The fraction of sp³-hybridized carbons (Fsp3) is 0.450. The van der Waals surface area contributed by atoms with E-state index in [0.717, 1.165) is 10.8 Å². The predicted octanol–water partition coefficient (Wildman–Crippen LogP) is 2.27. The quantitative estimate of drug-likeness (QED) is 0.811. The molecule has 3 atom stereocenters. The zero-order valence-corrected chi connectivity index (χ0v) is 16.0. The lowest BCUT2D eigenvalue weighted by molar-refractivity contribution is -0.122. The molecule has 0 aliphatic carbocycles. The number of amides is 2. The number of primary amides is 1. The Morgan fingerprint density at radius 2 is 2.07 bits per heavy atom. The van der Waals surface area contributed by atoms with Gasteiger partial charge in [-0.1, -0.05) is 13.8 Å². The van der Waals surface area contributed by atoms with Crippen molar-refractivity contribution < 1.29 is 19.1 Å². The van der Waals surface area contributed by atoms with Crippen molar-refractivity contribution in [2.45, 2.75) is 39.8 Å². The van der Waals surface area contributed by atoms with Crippen LogP contribution in [0.4, 0.5) is 0 Å². The van der Waals surface area contributed by atoms with E-state index in [1.165, 1.54) is 0 Å². The minimum Gasteiger partial charge on any atom is -0.490 e. The van der Waals surface area contributed by atoms with Gasteiger partial charge in [0.1, 0.15) is 12.4 Å². The van der Waals surface area contributed by atoms with Crippen LogP contribution in [0.5, 0.6) is 11.6 Å². The number of rotatable bonds is 6. The maximum atomic E-state index is 11.8. The first-order valence-electron chi connectivity index (χ1n) is 9.10. The Kier molecular flexibility index (Phi) is 5.21. The first-order chi connectivity index (χ1) is 12.8. The van der Waals surface area contributed by atoms with E-state index >= 15 is 0 Å². The van der Waals surface area contributed by atoms with Gasteiger partial charge in [-0.2, -0.15) is 0 Å². The fourth-order valence-electron chi connectivity index (χ4n) is 3.23. The summed E-state index contributed by atoms with van der Waals surface area (Å²) in [4.78, 5) is 27.9. The highest BCUT2D eigenvalue weighted by Crippen LogP contribution is 2.32. The highest BCUT2D eigenvalue weighted by atomic mass is 16.5. The van der Waals surface area contributed by atoms with Gasteiger partial charge in [0.15, 0.2) is 0 Å². The van der Waals surface area contributed by atoms with Gasteiger partial charge in [-0.25, -0.2) is 4.98 Å². The molecule has 3 rings (SSSR count). The third kappa shape index (κ3) is 3.82. The third-order valence-corrected chi connectivity index (χ3v) is 5.02. The van der Waals surface area contributed by atoms with Crippen molar-refractivity contribution in [2.24, 2.45) is 17.6 Å². The number of aromatic nitrogens is 1. The zero-order chi connectivity index (χ0) is 19.7. The summed E-state index contributed by atoms with van der Waals surface area (Å²) in [7, 11) is 0. The van der Waals surface area contributed by atoms with E-state index in [2.05, 4.69) is 10.3 Å². The molecule has 27 heavy (non-hydrogen) atoms. The highest BCUT2D eigenvalue weighted by molar-refractivity contribution is 6.01. The van der Waals surface area contributed by atoms with Crippen molar-refractivity contribution >= 4 is 22.6 Å². The van der Waals surface area contributed by atoms with Gasteiger partial charge in [-0.15, -0.1) is 0 Å². The molecule has 2 heterocycles. The molecule has 0 radical (unpaired) electrons. The fourth-order valence-corrected chi connectivity index (χ4v) is 3.23. The minimum absolute atomic E-state index is 0.0387. The van der Waals surface area contributed by atoms with Crippen LogP contribution in [0.15, 0.2) is 24.4 Å². The smallest absolute Gasteiger partial charge is 0.252 e. The zero-order valence-electron chi connectivity index (χ0n) is 16.0. The minimum atomic E-state index is -0.552. The molecule has 0 unspecified atom stereocenters. The molecule has 7 nitrogen and oxygen atoms in total. The first kappa shape index (κ1) is 18.9. The molecule has 1 aliphatic heterocycles. The van der Waals surface area contributed by atoms with Crippen molar-refractivity contribution in [1.29, 1.82) is 0 Å². The van der Waals surface area contributed by atoms with E-state index in [-0.39, 0.29) is 29.9 Å². The molecule has 1 saturated heterocycles. The first-order valence-corrected chi connectivity index (χ1v) is 9.10. The number of nitrogens with two attached hydrogens (primary N) is 1. The standard InChI is InChI=1S/C20H25N3O4/c1-10(2)27-17-8-14-13(7-15(17)18(21)24)5-6-22-20(14)26-9-16-11(3)12(4)19(25)23-16/h5-8,10-12,16H,9H2,1-4H3,(H2,21,24)(H,23,25)/t11-,12-,16-/m1/s1. The van der Waals surface area contributed by atoms with Gasteiger partial charge in [0.2, 0.25) is 11.8 Å². The largest absolute Gasteiger partial charge is 0.490 e. The van der Waals surface area contributed by atoms with Crippen LogP contribution in [0.25, 0.3) is 10.8 Å². The number of fused-ring (bicyclic) bond motifs is 1. The number of hydrogen-bond donors (Lipinski definition) is 2. The Morgan fingerprint density at radius 3 is 2.67 bits per heavy atom. The van der Waals surface area contributed by atoms with Gasteiger partial charge in [-0.05, 0) is 43.4 Å². The van der Waals surface area contributed by atoms with Crippen LogP contribution in [0, 0.1) is 11.8 Å². The highest BCUT2D eigenvalue weighted by Gasteiger charge is 2.36. The summed E-state index contributed by atoms with van der Waals surface area (Å²) in [6.07, 6.45) is 1.50. The summed E-state index contributed by atoms with van der Waals surface area (Å²) in [5.74, 6) is 0.457. The topological polar surface area (TPSA) is 104 Å². The van der Waals surface area contributed by atoms with Crippen LogP contribution in [-0.4, -0.2) is 35.6 Å². The Morgan fingerprint density at radius 1 is 1.33 bits per heavy atom. The molecule has 1 aromatic heterocycles. The van der Waals surface area contributed by atoms with Gasteiger partial charge in [0.05, 0.1) is 17.7 Å². The van der Waals surface area contributed by atoms with Crippen molar-refractivity contribution in [3.63, 3.8) is 0 Å². The van der Waals surface area contributed by atoms with Gasteiger partial charge in [-0.3, -0.25) is 9.59 Å². The average molecular weight is 371 g/mol. The summed E-state index contributed by atoms with van der Waals surface area (Å²) in [5, 5.41) is 4.46. The molecule has 2 amide bonds. The van der Waals surface area contributed by atoms with Crippen LogP contribution >= 0.6 is 0 Å². The number of pyridine rings is 1. The van der Waals surface area contributed by atoms with Gasteiger partial charge in [0, 0.05) is 17.5 Å². The number of nitrogens with zero attached hydrogens (tertiary/aromatic N) is 1. The van der Waals surface area contributed by atoms with Gasteiger partial charge in [0.25, 0.3) is 5.91 Å². The predicted molar refractivity (Wildman–Crippen MR) is 102 cm³/mol. The van der Waals surface area contributed by atoms with Crippen molar-refractivity contribution in [1.82, 2.24) is 10.3 Å². The Hall–Kier alpha value is -2.83. The lowest BCUT2D eigenvalue weighted by atomic mass is 9.94. The van der Waals surface area contributed by atoms with Crippen LogP contribution in [0.2, 0.25) is 0 Å².